The normalized spacial score (nSPS) is 24.2. The average Bonchev–Trinajstić information content (AvgIpc) is 3.12. The number of fused-ring (bicyclic) bond motifs is 3. The predicted molar refractivity (Wildman–Crippen MR) is 75.7 cm³/mol. The molecule has 0 aliphatic carbocycles. The van der Waals surface area contributed by atoms with Crippen LogP contribution >= 0.6 is 0 Å². The van der Waals surface area contributed by atoms with E-state index in [0.717, 1.165) is 42.5 Å². The summed E-state index contributed by atoms with van der Waals surface area (Å²) < 4.78 is 7.80. The highest BCUT2D eigenvalue weighted by molar-refractivity contribution is 5.64. The van der Waals surface area contributed by atoms with Crippen LogP contribution in [-0.4, -0.2) is 35.0 Å². The van der Waals surface area contributed by atoms with Gasteiger partial charge in [-0.25, -0.2) is 0 Å². The Balaban J connectivity index is 1.86. The summed E-state index contributed by atoms with van der Waals surface area (Å²) in [7, 11) is 1.70. The zero-order valence-corrected chi connectivity index (χ0v) is 11.5. The maximum absolute atomic E-state index is 5.47. The molecule has 0 spiro atoms. The quantitative estimate of drug-likeness (QED) is 0.901. The first-order valence-electron chi connectivity index (χ1n) is 7.16. The van der Waals surface area contributed by atoms with E-state index in [2.05, 4.69) is 26.1 Å². The first kappa shape index (κ1) is 11.9. The van der Waals surface area contributed by atoms with Crippen LogP contribution < -0.4 is 10.1 Å². The molecule has 0 saturated carbocycles. The molecule has 2 unspecified atom stereocenters. The summed E-state index contributed by atoms with van der Waals surface area (Å²) in [5.74, 6) is 3.61. The van der Waals surface area contributed by atoms with Gasteiger partial charge in [0.1, 0.15) is 11.6 Å². The van der Waals surface area contributed by atoms with Gasteiger partial charge in [-0.05, 0) is 24.5 Å². The maximum Gasteiger partial charge on any atom is 0.168 e. The Bertz CT molecular complexity index is 637. The van der Waals surface area contributed by atoms with E-state index in [9.17, 15) is 0 Å². The van der Waals surface area contributed by atoms with Crippen LogP contribution in [-0.2, 0) is 6.42 Å². The minimum Gasteiger partial charge on any atom is -0.496 e. The first-order valence-corrected chi connectivity index (χ1v) is 7.16. The third kappa shape index (κ3) is 1.66. The van der Waals surface area contributed by atoms with Gasteiger partial charge in [-0.3, -0.25) is 0 Å². The Morgan fingerprint density at radius 1 is 1.25 bits per heavy atom. The summed E-state index contributed by atoms with van der Waals surface area (Å²) in [6.45, 7) is 2.12. The molecule has 0 amide bonds. The second-order valence-corrected chi connectivity index (χ2v) is 5.53. The van der Waals surface area contributed by atoms with E-state index in [1.54, 1.807) is 7.11 Å². The Hall–Kier alpha value is -1.88. The molecule has 5 nitrogen and oxygen atoms in total. The van der Waals surface area contributed by atoms with Crippen molar-refractivity contribution in [2.45, 2.75) is 18.9 Å². The van der Waals surface area contributed by atoms with Gasteiger partial charge >= 0.3 is 0 Å². The van der Waals surface area contributed by atoms with Crippen molar-refractivity contribution in [2.75, 3.05) is 20.2 Å². The number of aryl methyl sites for hydroxylation is 1. The zero-order valence-electron chi connectivity index (χ0n) is 11.5. The third-order valence-electron chi connectivity index (χ3n) is 4.49. The van der Waals surface area contributed by atoms with Crippen molar-refractivity contribution < 1.29 is 4.74 Å². The van der Waals surface area contributed by atoms with E-state index in [0.29, 0.717) is 12.0 Å². The molecular weight excluding hydrogens is 252 g/mol. The van der Waals surface area contributed by atoms with Crippen LogP contribution in [0.5, 0.6) is 5.75 Å². The summed E-state index contributed by atoms with van der Waals surface area (Å²) in [4.78, 5) is 0. The molecule has 2 atom stereocenters. The summed E-state index contributed by atoms with van der Waals surface area (Å²) in [5.41, 5.74) is 1.03. The molecule has 4 rings (SSSR count). The van der Waals surface area contributed by atoms with Gasteiger partial charge < -0.3 is 14.6 Å². The van der Waals surface area contributed by atoms with E-state index in [-0.39, 0.29) is 0 Å². The highest BCUT2D eigenvalue weighted by Crippen LogP contribution is 2.38. The molecule has 0 radical (unpaired) electrons. The molecule has 2 aliphatic heterocycles. The summed E-state index contributed by atoms with van der Waals surface area (Å²) in [6, 6.07) is 8.52. The second kappa shape index (κ2) is 4.59. The van der Waals surface area contributed by atoms with Crippen LogP contribution in [0.25, 0.3) is 11.4 Å². The van der Waals surface area contributed by atoms with Crippen molar-refractivity contribution in [3.05, 3.63) is 30.1 Å². The standard InChI is InChI=1S/C15H18N4O/c1-20-13-5-3-2-4-11(13)15-18-17-14-7-6-10-8-16-9-12(10)19(14)15/h2-5,10,12,16H,6-9H2,1H3. The third-order valence-corrected chi connectivity index (χ3v) is 4.49. The summed E-state index contributed by atoms with van der Waals surface area (Å²) >= 11 is 0. The van der Waals surface area contributed by atoms with Gasteiger partial charge in [0, 0.05) is 19.5 Å². The molecule has 3 heterocycles. The van der Waals surface area contributed by atoms with Gasteiger partial charge in [-0.1, -0.05) is 12.1 Å². The van der Waals surface area contributed by atoms with Crippen LogP contribution in [0.1, 0.15) is 18.3 Å². The van der Waals surface area contributed by atoms with Crippen LogP contribution in [0.3, 0.4) is 0 Å². The van der Waals surface area contributed by atoms with E-state index < -0.39 is 0 Å². The van der Waals surface area contributed by atoms with E-state index in [1.165, 1.54) is 6.42 Å². The van der Waals surface area contributed by atoms with Gasteiger partial charge in [0.25, 0.3) is 0 Å². The number of rotatable bonds is 2. The molecule has 2 aromatic rings. The van der Waals surface area contributed by atoms with Crippen LogP contribution in [0.2, 0.25) is 0 Å². The molecule has 0 bridgehead atoms. The Morgan fingerprint density at radius 2 is 2.15 bits per heavy atom. The SMILES string of the molecule is COc1ccccc1-c1nnc2n1C1CNCC1CC2. The first-order chi connectivity index (χ1) is 9.88. The lowest BCUT2D eigenvalue weighted by Crippen LogP contribution is -2.26. The van der Waals surface area contributed by atoms with Crippen LogP contribution in [0, 0.1) is 5.92 Å². The molecule has 2 aliphatic rings. The fourth-order valence-electron chi connectivity index (χ4n) is 3.49. The number of methoxy groups -OCH3 is 1. The van der Waals surface area contributed by atoms with Crippen molar-refractivity contribution in [3.8, 4) is 17.1 Å². The molecular formula is C15H18N4O. The Morgan fingerprint density at radius 3 is 3.05 bits per heavy atom. The van der Waals surface area contributed by atoms with Gasteiger partial charge in [0.05, 0.1) is 18.7 Å². The lowest BCUT2D eigenvalue weighted by atomic mass is 9.93. The lowest BCUT2D eigenvalue weighted by Gasteiger charge is -2.27. The monoisotopic (exact) mass is 270 g/mol. The minimum absolute atomic E-state index is 0.480. The number of hydrogen-bond acceptors (Lipinski definition) is 4. The van der Waals surface area contributed by atoms with Gasteiger partial charge in [0.15, 0.2) is 5.82 Å². The number of ether oxygens (including phenoxy) is 1. The average molecular weight is 270 g/mol. The number of aromatic nitrogens is 3. The summed E-state index contributed by atoms with van der Waals surface area (Å²) in [6.07, 6.45) is 2.23. The van der Waals surface area contributed by atoms with Crippen molar-refractivity contribution in [1.82, 2.24) is 20.1 Å². The molecule has 104 valence electrons. The molecule has 1 aromatic carbocycles. The number of hydrogen-bond donors (Lipinski definition) is 1. The van der Waals surface area contributed by atoms with Crippen molar-refractivity contribution in [3.63, 3.8) is 0 Å². The Labute approximate surface area is 118 Å². The van der Waals surface area contributed by atoms with Gasteiger partial charge in [0.2, 0.25) is 0 Å². The van der Waals surface area contributed by atoms with Crippen molar-refractivity contribution >= 4 is 0 Å². The van der Waals surface area contributed by atoms with Crippen molar-refractivity contribution in [1.29, 1.82) is 0 Å². The molecule has 1 fully saturated rings. The molecule has 20 heavy (non-hydrogen) atoms. The number of benzene rings is 1. The van der Waals surface area contributed by atoms with E-state index in [1.807, 2.05) is 18.2 Å². The molecule has 1 N–H and O–H groups in total. The lowest BCUT2D eigenvalue weighted by molar-refractivity contribution is 0.338. The maximum atomic E-state index is 5.47. The number of nitrogens with one attached hydrogen (secondary N) is 1. The highest BCUT2D eigenvalue weighted by atomic mass is 16.5. The van der Waals surface area contributed by atoms with Gasteiger partial charge in [-0.15, -0.1) is 10.2 Å². The van der Waals surface area contributed by atoms with Gasteiger partial charge in [-0.2, -0.15) is 0 Å². The Kier molecular flexibility index (Phi) is 2.73. The fourth-order valence-corrected chi connectivity index (χ4v) is 3.49. The topological polar surface area (TPSA) is 52.0 Å². The van der Waals surface area contributed by atoms with Crippen molar-refractivity contribution in [2.24, 2.45) is 5.92 Å². The fraction of sp³-hybridized carbons (Fsp3) is 0.467. The molecule has 5 heteroatoms. The predicted octanol–water partition coefficient (Wildman–Crippen LogP) is 1.66. The zero-order chi connectivity index (χ0) is 13.5. The minimum atomic E-state index is 0.480. The van der Waals surface area contributed by atoms with E-state index in [4.69, 9.17) is 4.74 Å². The summed E-state index contributed by atoms with van der Waals surface area (Å²) in [5, 5.41) is 12.3. The second-order valence-electron chi connectivity index (χ2n) is 5.53. The number of nitrogens with zero attached hydrogens (tertiary/aromatic N) is 3. The largest absolute Gasteiger partial charge is 0.496 e. The smallest absolute Gasteiger partial charge is 0.168 e. The number of para-hydroxylation sites is 1. The van der Waals surface area contributed by atoms with Crippen LogP contribution in [0.15, 0.2) is 24.3 Å². The van der Waals surface area contributed by atoms with Crippen LogP contribution in [0.4, 0.5) is 0 Å². The highest BCUT2D eigenvalue weighted by Gasteiger charge is 2.36. The molecule has 1 aromatic heterocycles. The molecule has 1 saturated heterocycles. The van der Waals surface area contributed by atoms with E-state index >= 15 is 0 Å².